The molecule has 1 N–H and O–H groups in total. The van der Waals surface area contributed by atoms with Gasteiger partial charge < -0.3 is 5.32 Å². The monoisotopic (exact) mass is 276 g/mol. The summed E-state index contributed by atoms with van der Waals surface area (Å²) < 4.78 is 0. The zero-order valence-electron chi connectivity index (χ0n) is 13.7. The van der Waals surface area contributed by atoms with Crippen LogP contribution in [0.15, 0.2) is 0 Å². The Kier molecular flexibility index (Phi) is 2.87. The molecule has 4 aliphatic carbocycles. The highest BCUT2D eigenvalue weighted by Gasteiger charge is 2.61. The topological polar surface area (TPSA) is 15.3 Å². The summed E-state index contributed by atoms with van der Waals surface area (Å²) in [4.78, 5) is 2.93. The summed E-state index contributed by atoms with van der Waals surface area (Å²) in [5.41, 5.74) is 1.86. The lowest BCUT2D eigenvalue weighted by molar-refractivity contribution is -0.162. The fourth-order valence-electron chi connectivity index (χ4n) is 7.27. The van der Waals surface area contributed by atoms with Gasteiger partial charge >= 0.3 is 0 Å². The smallest absolute Gasteiger partial charge is 0.0223 e. The van der Waals surface area contributed by atoms with Crippen LogP contribution in [0.1, 0.15) is 59.3 Å². The van der Waals surface area contributed by atoms with Crippen LogP contribution in [0.25, 0.3) is 0 Å². The molecule has 3 unspecified atom stereocenters. The number of hydrogen-bond acceptors (Lipinski definition) is 2. The van der Waals surface area contributed by atoms with Crippen LogP contribution in [0.5, 0.6) is 0 Å². The van der Waals surface area contributed by atoms with E-state index in [1.807, 2.05) is 0 Å². The van der Waals surface area contributed by atoms with Gasteiger partial charge in [-0.2, -0.15) is 0 Å². The largest absolute Gasteiger partial charge is 0.315 e. The van der Waals surface area contributed by atoms with Crippen molar-refractivity contribution >= 4 is 0 Å². The van der Waals surface area contributed by atoms with Crippen molar-refractivity contribution < 1.29 is 0 Å². The summed E-state index contributed by atoms with van der Waals surface area (Å²) in [6.45, 7) is 12.6. The van der Waals surface area contributed by atoms with Gasteiger partial charge in [-0.1, -0.05) is 20.8 Å². The van der Waals surface area contributed by atoms with Crippen molar-refractivity contribution in [3.63, 3.8) is 0 Å². The van der Waals surface area contributed by atoms with Crippen molar-refractivity contribution in [1.82, 2.24) is 10.2 Å². The SMILES string of the molecule is CC1CNCCN(C23CC4CC(C)(CC(C)(C4)C2)C3)C1. The van der Waals surface area contributed by atoms with Crippen LogP contribution in [0.4, 0.5) is 0 Å². The molecule has 5 rings (SSSR count). The van der Waals surface area contributed by atoms with E-state index in [1.165, 1.54) is 64.7 Å². The second kappa shape index (κ2) is 4.23. The lowest BCUT2D eigenvalue weighted by Gasteiger charge is -2.68. The van der Waals surface area contributed by atoms with Crippen LogP contribution in [0, 0.1) is 22.7 Å². The van der Waals surface area contributed by atoms with Gasteiger partial charge in [0.25, 0.3) is 0 Å². The molecular formula is C18H32N2. The van der Waals surface area contributed by atoms with Crippen LogP contribution in [-0.4, -0.2) is 36.6 Å². The molecule has 0 aromatic carbocycles. The van der Waals surface area contributed by atoms with Crippen molar-refractivity contribution in [3.05, 3.63) is 0 Å². The molecule has 2 nitrogen and oxygen atoms in total. The zero-order valence-corrected chi connectivity index (χ0v) is 13.7. The van der Waals surface area contributed by atoms with Crippen molar-refractivity contribution in [2.24, 2.45) is 22.7 Å². The van der Waals surface area contributed by atoms with Crippen molar-refractivity contribution in [1.29, 1.82) is 0 Å². The predicted molar refractivity (Wildman–Crippen MR) is 83.7 cm³/mol. The summed E-state index contributed by atoms with van der Waals surface area (Å²) in [6, 6.07) is 0. The average molecular weight is 276 g/mol. The van der Waals surface area contributed by atoms with Gasteiger partial charge in [-0.25, -0.2) is 0 Å². The summed E-state index contributed by atoms with van der Waals surface area (Å²) in [6.07, 6.45) is 9.01. The normalized spacial score (nSPS) is 56.0. The maximum Gasteiger partial charge on any atom is 0.0223 e. The standard InChI is InChI=1S/C18H32N2/c1-14-9-19-4-5-20(10-14)18-8-15-6-16(2,12-18)11-17(3,7-15)13-18/h14-15,19H,4-13H2,1-3H3. The van der Waals surface area contributed by atoms with Crippen LogP contribution in [0.2, 0.25) is 0 Å². The van der Waals surface area contributed by atoms with Gasteiger partial charge in [-0.3, -0.25) is 4.90 Å². The van der Waals surface area contributed by atoms with E-state index in [9.17, 15) is 0 Å². The second-order valence-corrected chi connectivity index (χ2v) is 9.61. The Morgan fingerprint density at radius 1 is 1.00 bits per heavy atom. The van der Waals surface area contributed by atoms with Crippen LogP contribution in [0.3, 0.4) is 0 Å². The Balaban J connectivity index is 1.66. The molecule has 5 fully saturated rings. The van der Waals surface area contributed by atoms with E-state index in [-0.39, 0.29) is 0 Å². The summed E-state index contributed by atoms with van der Waals surface area (Å²) in [5, 5.41) is 3.64. The lowest BCUT2D eigenvalue weighted by atomic mass is 9.42. The van der Waals surface area contributed by atoms with Crippen molar-refractivity contribution in [2.45, 2.75) is 64.8 Å². The number of hydrogen-bond donors (Lipinski definition) is 1. The molecule has 0 amide bonds. The van der Waals surface area contributed by atoms with Crippen LogP contribution >= 0.6 is 0 Å². The molecule has 114 valence electrons. The molecule has 0 spiro atoms. The van der Waals surface area contributed by atoms with Gasteiger partial charge in [0.05, 0.1) is 0 Å². The molecule has 1 saturated heterocycles. The fourth-order valence-corrected chi connectivity index (χ4v) is 7.27. The zero-order chi connectivity index (χ0) is 14.0. The van der Waals surface area contributed by atoms with Gasteiger partial charge in [-0.15, -0.1) is 0 Å². The maximum absolute atomic E-state index is 3.64. The average Bonchev–Trinajstić information content (AvgIpc) is 2.49. The summed E-state index contributed by atoms with van der Waals surface area (Å²) in [7, 11) is 0. The van der Waals surface area contributed by atoms with Crippen molar-refractivity contribution in [2.75, 3.05) is 26.2 Å². The van der Waals surface area contributed by atoms with Gasteiger partial charge in [0.1, 0.15) is 0 Å². The Bertz CT molecular complexity index is 386. The van der Waals surface area contributed by atoms with E-state index < -0.39 is 0 Å². The van der Waals surface area contributed by atoms with E-state index in [2.05, 4.69) is 31.0 Å². The van der Waals surface area contributed by atoms with Gasteiger partial charge in [0.15, 0.2) is 0 Å². The van der Waals surface area contributed by atoms with Crippen LogP contribution in [-0.2, 0) is 0 Å². The summed E-state index contributed by atoms with van der Waals surface area (Å²) >= 11 is 0. The van der Waals surface area contributed by atoms with E-state index in [1.54, 1.807) is 0 Å². The molecule has 0 aromatic heterocycles. The molecule has 1 aliphatic heterocycles. The second-order valence-electron chi connectivity index (χ2n) is 9.61. The van der Waals surface area contributed by atoms with Gasteiger partial charge in [0, 0.05) is 25.2 Å². The molecule has 0 radical (unpaired) electrons. The first-order valence-electron chi connectivity index (χ1n) is 8.86. The molecule has 1 heterocycles. The first-order chi connectivity index (χ1) is 9.41. The molecule has 20 heavy (non-hydrogen) atoms. The molecule has 2 heteroatoms. The van der Waals surface area contributed by atoms with Gasteiger partial charge in [-0.05, 0) is 67.7 Å². The number of nitrogens with one attached hydrogen (secondary N) is 1. The number of nitrogens with zero attached hydrogens (tertiary/aromatic N) is 1. The minimum absolute atomic E-state index is 0.559. The third-order valence-corrected chi connectivity index (χ3v) is 6.85. The summed E-state index contributed by atoms with van der Waals surface area (Å²) in [5.74, 6) is 1.83. The molecule has 5 aliphatic rings. The van der Waals surface area contributed by atoms with E-state index in [0.29, 0.717) is 16.4 Å². The highest BCUT2D eigenvalue weighted by atomic mass is 15.2. The Morgan fingerprint density at radius 3 is 2.35 bits per heavy atom. The molecule has 4 saturated carbocycles. The van der Waals surface area contributed by atoms with Crippen LogP contribution < -0.4 is 5.32 Å². The minimum atomic E-state index is 0.559. The quantitative estimate of drug-likeness (QED) is 0.791. The predicted octanol–water partition coefficient (Wildman–Crippen LogP) is 3.28. The van der Waals surface area contributed by atoms with Crippen molar-refractivity contribution in [3.8, 4) is 0 Å². The Morgan fingerprint density at radius 2 is 1.70 bits per heavy atom. The van der Waals surface area contributed by atoms with E-state index in [4.69, 9.17) is 0 Å². The fraction of sp³-hybridized carbons (Fsp3) is 1.00. The lowest BCUT2D eigenvalue weighted by Crippen LogP contribution is -2.65. The Labute approximate surface area is 124 Å². The molecule has 4 bridgehead atoms. The third kappa shape index (κ3) is 2.06. The first kappa shape index (κ1) is 13.6. The molecular weight excluding hydrogens is 244 g/mol. The number of rotatable bonds is 1. The highest BCUT2D eigenvalue weighted by molar-refractivity contribution is 5.15. The minimum Gasteiger partial charge on any atom is -0.315 e. The maximum atomic E-state index is 3.64. The molecule has 3 atom stereocenters. The third-order valence-electron chi connectivity index (χ3n) is 6.85. The van der Waals surface area contributed by atoms with E-state index in [0.717, 1.165) is 11.8 Å². The first-order valence-corrected chi connectivity index (χ1v) is 8.86. The van der Waals surface area contributed by atoms with E-state index >= 15 is 0 Å². The Hall–Kier alpha value is -0.0800. The highest BCUT2D eigenvalue weighted by Crippen LogP contribution is 2.67. The van der Waals surface area contributed by atoms with Gasteiger partial charge in [0.2, 0.25) is 0 Å². The molecule has 0 aromatic rings.